The third kappa shape index (κ3) is 2.52. The van der Waals surface area contributed by atoms with Crippen LogP contribution in [0.4, 0.5) is 5.69 Å². The summed E-state index contributed by atoms with van der Waals surface area (Å²) >= 11 is 0. The Hall–Kier alpha value is -1.06. The van der Waals surface area contributed by atoms with Gasteiger partial charge in [-0.25, -0.2) is 0 Å². The lowest BCUT2D eigenvalue weighted by atomic mass is 10.1. The van der Waals surface area contributed by atoms with Crippen molar-refractivity contribution in [3.05, 3.63) is 29.8 Å². The van der Waals surface area contributed by atoms with Crippen LogP contribution < -0.4 is 5.32 Å². The van der Waals surface area contributed by atoms with Crippen LogP contribution in [-0.2, 0) is 11.2 Å². The Bertz CT molecular complexity index is 382. The van der Waals surface area contributed by atoms with E-state index in [9.17, 15) is 0 Å². The van der Waals surface area contributed by atoms with E-state index in [0.29, 0.717) is 12.1 Å². The highest BCUT2D eigenvalue weighted by Crippen LogP contribution is 2.25. The number of nitrogens with zero attached hydrogens (tertiary/aromatic N) is 1. The summed E-state index contributed by atoms with van der Waals surface area (Å²) in [5.41, 5.74) is 2.78. The summed E-state index contributed by atoms with van der Waals surface area (Å²) in [5, 5.41) is 3.63. The fourth-order valence-electron chi connectivity index (χ4n) is 2.99. The first-order chi connectivity index (χ1) is 8.85. The van der Waals surface area contributed by atoms with Crippen LogP contribution in [0.15, 0.2) is 24.3 Å². The Labute approximate surface area is 109 Å². The lowest BCUT2D eigenvalue weighted by Gasteiger charge is -2.34. The molecule has 1 aromatic carbocycles. The van der Waals surface area contributed by atoms with Crippen LogP contribution in [0.5, 0.6) is 0 Å². The topological polar surface area (TPSA) is 24.5 Å². The van der Waals surface area contributed by atoms with Gasteiger partial charge in [-0.05, 0) is 24.5 Å². The Kier molecular flexibility index (Phi) is 3.52. The van der Waals surface area contributed by atoms with Crippen molar-refractivity contribution in [2.75, 3.05) is 31.6 Å². The zero-order chi connectivity index (χ0) is 12.4. The summed E-state index contributed by atoms with van der Waals surface area (Å²) in [6.45, 7) is 6.39. The summed E-state index contributed by atoms with van der Waals surface area (Å²) in [6.07, 6.45) is 2.71. The van der Waals surface area contributed by atoms with Crippen molar-refractivity contribution in [1.82, 2.24) is 4.90 Å². The van der Waals surface area contributed by atoms with Gasteiger partial charge in [0, 0.05) is 31.4 Å². The van der Waals surface area contributed by atoms with Crippen LogP contribution in [0, 0.1) is 0 Å². The van der Waals surface area contributed by atoms with Gasteiger partial charge < -0.3 is 10.1 Å². The van der Waals surface area contributed by atoms with E-state index in [1.54, 1.807) is 0 Å². The molecule has 1 saturated heterocycles. The SMILES string of the molecule is CCC1CN(CC2Cc3ccccc3N2)CCO1. The van der Waals surface area contributed by atoms with Gasteiger partial charge in [0.2, 0.25) is 0 Å². The fraction of sp³-hybridized carbons (Fsp3) is 0.600. The lowest BCUT2D eigenvalue weighted by molar-refractivity contribution is -0.0304. The molecule has 0 aliphatic carbocycles. The molecule has 0 bridgehead atoms. The minimum absolute atomic E-state index is 0.433. The van der Waals surface area contributed by atoms with Gasteiger partial charge in [-0.1, -0.05) is 25.1 Å². The molecule has 3 rings (SSSR count). The van der Waals surface area contributed by atoms with Gasteiger partial charge in [0.15, 0.2) is 0 Å². The monoisotopic (exact) mass is 246 g/mol. The van der Waals surface area contributed by atoms with E-state index in [4.69, 9.17) is 4.74 Å². The zero-order valence-corrected chi connectivity index (χ0v) is 11.1. The summed E-state index contributed by atoms with van der Waals surface area (Å²) in [7, 11) is 0. The predicted molar refractivity (Wildman–Crippen MR) is 74.0 cm³/mol. The van der Waals surface area contributed by atoms with Gasteiger partial charge in [-0.3, -0.25) is 4.90 Å². The quantitative estimate of drug-likeness (QED) is 0.884. The number of hydrogen-bond acceptors (Lipinski definition) is 3. The number of rotatable bonds is 3. The molecule has 2 unspecified atom stereocenters. The van der Waals surface area contributed by atoms with Gasteiger partial charge in [-0.2, -0.15) is 0 Å². The maximum Gasteiger partial charge on any atom is 0.0700 e. The summed E-state index contributed by atoms with van der Waals surface area (Å²) in [4.78, 5) is 2.54. The summed E-state index contributed by atoms with van der Waals surface area (Å²) in [6, 6.07) is 9.22. The molecule has 1 N–H and O–H groups in total. The third-order valence-corrected chi connectivity index (χ3v) is 4.00. The van der Waals surface area contributed by atoms with Crippen molar-refractivity contribution >= 4 is 5.69 Å². The number of morpholine rings is 1. The first kappa shape index (κ1) is 12.0. The molecule has 0 spiro atoms. The molecule has 0 amide bonds. The molecule has 0 aromatic heterocycles. The highest BCUT2D eigenvalue weighted by molar-refractivity contribution is 5.56. The summed E-state index contributed by atoms with van der Waals surface area (Å²) < 4.78 is 5.72. The van der Waals surface area contributed by atoms with Crippen molar-refractivity contribution in [2.45, 2.75) is 31.9 Å². The highest BCUT2D eigenvalue weighted by Gasteiger charge is 2.25. The molecule has 2 heterocycles. The van der Waals surface area contributed by atoms with Crippen molar-refractivity contribution < 1.29 is 4.74 Å². The number of fused-ring (bicyclic) bond motifs is 1. The minimum Gasteiger partial charge on any atom is -0.380 e. The second kappa shape index (κ2) is 5.29. The number of hydrogen-bond donors (Lipinski definition) is 1. The molecular weight excluding hydrogens is 224 g/mol. The fourth-order valence-corrected chi connectivity index (χ4v) is 2.99. The van der Waals surface area contributed by atoms with Crippen molar-refractivity contribution in [1.29, 1.82) is 0 Å². The Balaban J connectivity index is 1.56. The van der Waals surface area contributed by atoms with Crippen LogP contribution in [0.3, 0.4) is 0 Å². The highest BCUT2D eigenvalue weighted by atomic mass is 16.5. The van der Waals surface area contributed by atoms with E-state index in [-0.39, 0.29) is 0 Å². The number of ether oxygens (including phenoxy) is 1. The number of anilines is 1. The van der Waals surface area contributed by atoms with E-state index in [2.05, 4.69) is 41.4 Å². The van der Waals surface area contributed by atoms with Gasteiger partial charge in [0.25, 0.3) is 0 Å². The molecule has 2 aliphatic heterocycles. The van der Waals surface area contributed by atoms with Gasteiger partial charge in [-0.15, -0.1) is 0 Å². The standard InChI is InChI=1S/C15H22N2O/c1-2-14-11-17(7-8-18-14)10-13-9-12-5-3-4-6-15(12)16-13/h3-6,13-14,16H,2,7-11H2,1H3. The van der Waals surface area contributed by atoms with E-state index in [1.165, 1.54) is 11.3 Å². The first-order valence-corrected chi connectivity index (χ1v) is 7.03. The second-order valence-corrected chi connectivity index (χ2v) is 5.36. The minimum atomic E-state index is 0.433. The van der Waals surface area contributed by atoms with Gasteiger partial charge >= 0.3 is 0 Å². The van der Waals surface area contributed by atoms with Crippen molar-refractivity contribution in [3.63, 3.8) is 0 Å². The van der Waals surface area contributed by atoms with Gasteiger partial charge in [0.1, 0.15) is 0 Å². The van der Waals surface area contributed by atoms with Gasteiger partial charge in [0.05, 0.1) is 12.7 Å². The third-order valence-electron chi connectivity index (χ3n) is 4.00. The van der Waals surface area contributed by atoms with Crippen LogP contribution in [-0.4, -0.2) is 43.3 Å². The van der Waals surface area contributed by atoms with E-state index in [1.807, 2.05) is 0 Å². The maximum absolute atomic E-state index is 5.72. The molecule has 1 aromatic rings. The predicted octanol–water partition coefficient (Wildman–Crippen LogP) is 2.13. The molecular formula is C15H22N2O. The van der Waals surface area contributed by atoms with E-state index < -0.39 is 0 Å². The molecule has 0 radical (unpaired) electrons. The second-order valence-electron chi connectivity index (χ2n) is 5.36. The van der Waals surface area contributed by atoms with E-state index in [0.717, 1.165) is 39.1 Å². The molecule has 3 heteroatoms. The largest absolute Gasteiger partial charge is 0.380 e. The number of para-hydroxylation sites is 1. The van der Waals surface area contributed by atoms with Crippen LogP contribution in [0.2, 0.25) is 0 Å². The van der Waals surface area contributed by atoms with Crippen molar-refractivity contribution in [3.8, 4) is 0 Å². The van der Waals surface area contributed by atoms with Crippen molar-refractivity contribution in [2.24, 2.45) is 0 Å². The molecule has 1 fully saturated rings. The van der Waals surface area contributed by atoms with Crippen LogP contribution >= 0.6 is 0 Å². The molecule has 0 saturated carbocycles. The maximum atomic E-state index is 5.72. The zero-order valence-electron chi connectivity index (χ0n) is 11.1. The Morgan fingerprint density at radius 2 is 2.28 bits per heavy atom. The molecule has 18 heavy (non-hydrogen) atoms. The van der Waals surface area contributed by atoms with Crippen LogP contribution in [0.1, 0.15) is 18.9 Å². The normalized spacial score (nSPS) is 27.8. The number of benzene rings is 1. The molecule has 2 atom stereocenters. The summed E-state index contributed by atoms with van der Waals surface area (Å²) in [5.74, 6) is 0. The molecule has 98 valence electrons. The van der Waals surface area contributed by atoms with E-state index >= 15 is 0 Å². The first-order valence-electron chi connectivity index (χ1n) is 7.03. The Morgan fingerprint density at radius 1 is 1.39 bits per heavy atom. The lowest BCUT2D eigenvalue weighted by Crippen LogP contribution is -2.46. The average molecular weight is 246 g/mol. The Morgan fingerprint density at radius 3 is 3.11 bits per heavy atom. The molecule has 2 aliphatic rings. The smallest absolute Gasteiger partial charge is 0.0700 e. The number of nitrogens with one attached hydrogen (secondary N) is 1. The molecule has 3 nitrogen and oxygen atoms in total. The van der Waals surface area contributed by atoms with Crippen LogP contribution in [0.25, 0.3) is 0 Å². The average Bonchev–Trinajstić information content (AvgIpc) is 2.81.